The molecule has 2 aromatic rings. The minimum Gasteiger partial charge on any atom is -0.506 e. The minimum absolute atomic E-state index is 0.0539. The van der Waals surface area contributed by atoms with Crippen LogP contribution in [-0.4, -0.2) is 16.0 Å². The number of carbonyl (C=O) groups excluding carboxylic acids is 1. The maximum absolute atomic E-state index is 12.0. The number of hydrogen-bond acceptors (Lipinski definition) is 3. The van der Waals surface area contributed by atoms with Gasteiger partial charge < -0.3 is 10.4 Å². The van der Waals surface area contributed by atoms with Crippen LogP contribution in [0.3, 0.4) is 0 Å². The number of aromatic nitrogens is 1. The van der Waals surface area contributed by atoms with Gasteiger partial charge in [0.2, 0.25) is 0 Å². The molecule has 0 aliphatic heterocycles. The quantitative estimate of drug-likeness (QED) is 0.625. The van der Waals surface area contributed by atoms with Crippen molar-refractivity contribution in [3.05, 3.63) is 50.7 Å². The second kappa shape index (κ2) is 5.77. The normalized spacial score (nSPS) is 10.3. The van der Waals surface area contributed by atoms with Crippen molar-refractivity contribution in [2.45, 2.75) is 0 Å². The van der Waals surface area contributed by atoms with E-state index >= 15 is 0 Å². The summed E-state index contributed by atoms with van der Waals surface area (Å²) in [6.45, 7) is 0. The first-order valence-electron chi connectivity index (χ1n) is 5.08. The topological polar surface area (TPSA) is 62.2 Å². The summed E-state index contributed by atoms with van der Waals surface area (Å²) in [7, 11) is 0. The molecule has 4 nitrogen and oxygen atoms in total. The highest BCUT2D eigenvalue weighted by Crippen LogP contribution is 2.27. The zero-order chi connectivity index (χ0) is 14.0. The molecular formula is C12H7BrCl2N2O2. The van der Waals surface area contributed by atoms with Crippen LogP contribution in [0.25, 0.3) is 0 Å². The molecule has 98 valence electrons. The Hall–Kier alpha value is -1.30. The molecule has 0 fully saturated rings. The Labute approximate surface area is 127 Å². The molecule has 1 aromatic heterocycles. The van der Waals surface area contributed by atoms with E-state index in [4.69, 9.17) is 23.2 Å². The molecule has 0 saturated carbocycles. The number of carbonyl (C=O) groups is 1. The number of phenols is 1. The van der Waals surface area contributed by atoms with Gasteiger partial charge in [0.25, 0.3) is 5.91 Å². The maximum atomic E-state index is 12.0. The van der Waals surface area contributed by atoms with E-state index in [-0.39, 0.29) is 21.5 Å². The number of nitrogens with one attached hydrogen (secondary N) is 1. The molecule has 0 aliphatic carbocycles. The third-order valence-corrected chi connectivity index (χ3v) is 3.29. The molecule has 0 bridgehead atoms. The summed E-state index contributed by atoms with van der Waals surface area (Å²) in [5.41, 5.74) is 0.684. The minimum atomic E-state index is -0.416. The molecule has 7 heteroatoms. The fourth-order valence-corrected chi connectivity index (χ4v) is 2.07. The first-order valence-corrected chi connectivity index (χ1v) is 6.63. The number of nitrogens with zero attached hydrogens (tertiary/aromatic N) is 1. The summed E-state index contributed by atoms with van der Waals surface area (Å²) >= 11 is 14.8. The van der Waals surface area contributed by atoms with Crippen LogP contribution in [0.5, 0.6) is 5.75 Å². The standard InChI is InChI=1S/C12H7BrCl2N2O2/c13-6-3-8(11(15)16-5-6)12(19)17-7-1-2-10(18)9(14)4-7/h1-5,18H,(H,17,19). The molecule has 0 saturated heterocycles. The van der Waals surface area contributed by atoms with Crippen LogP contribution in [0.1, 0.15) is 10.4 Å². The SMILES string of the molecule is O=C(Nc1ccc(O)c(Cl)c1)c1cc(Br)cnc1Cl. The van der Waals surface area contributed by atoms with Crippen molar-refractivity contribution < 1.29 is 9.90 Å². The molecule has 0 aliphatic rings. The molecular weight excluding hydrogens is 355 g/mol. The van der Waals surface area contributed by atoms with Gasteiger partial charge in [-0.05, 0) is 40.2 Å². The van der Waals surface area contributed by atoms with Gasteiger partial charge in [-0.15, -0.1) is 0 Å². The van der Waals surface area contributed by atoms with Gasteiger partial charge >= 0.3 is 0 Å². The Morgan fingerprint density at radius 2 is 2.05 bits per heavy atom. The van der Waals surface area contributed by atoms with E-state index in [2.05, 4.69) is 26.2 Å². The molecule has 0 spiro atoms. The number of halogens is 3. The molecule has 2 N–H and O–H groups in total. The summed E-state index contributed by atoms with van der Waals surface area (Å²) in [5.74, 6) is -0.470. The van der Waals surface area contributed by atoms with Gasteiger partial charge in [-0.1, -0.05) is 23.2 Å². The zero-order valence-electron chi connectivity index (χ0n) is 9.32. The number of aromatic hydroxyl groups is 1. The molecule has 0 atom stereocenters. The fourth-order valence-electron chi connectivity index (χ4n) is 1.36. The largest absolute Gasteiger partial charge is 0.506 e. The highest BCUT2D eigenvalue weighted by Gasteiger charge is 2.13. The number of phenolic OH excluding ortho intramolecular Hbond substituents is 1. The van der Waals surface area contributed by atoms with E-state index in [1.54, 1.807) is 6.07 Å². The van der Waals surface area contributed by atoms with Crippen molar-refractivity contribution in [2.24, 2.45) is 0 Å². The average molecular weight is 362 g/mol. The average Bonchev–Trinajstić information content (AvgIpc) is 2.36. The smallest absolute Gasteiger partial charge is 0.258 e. The molecule has 2 rings (SSSR count). The fraction of sp³-hybridized carbons (Fsp3) is 0. The number of anilines is 1. The van der Waals surface area contributed by atoms with Crippen molar-refractivity contribution in [2.75, 3.05) is 5.32 Å². The Morgan fingerprint density at radius 1 is 1.32 bits per heavy atom. The summed E-state index contributed by atoms with van der Waals surface area (Å²) in [5, 5.41) is 12.2. The van der Waals surface area contributed by atoms with E-state index in [0.29, 0.717) is 10.2 Å². The van der Waals surface area contributed by atoms with E-state index in [9.17, 15) is 9.90 Å². The second-order valence-electron chi connectivity index (χ2n) is 3.61. The lowest BCUT2D eigenvalue weighted by atomic mass is 10.2. The predicted molar refractivity (Wildman–Crippen MR) is 78.0 cm³/mol. The van der Waals surface area contributed by atoms with Gasteiger partial charge in [0.05, 0.1) is 10.6 Å². The highest BCUT2D eigenvalue weighted by atomic mass is 79.9. The Bertz CT molecular complexity index is 650. The Morgan fingerprint density at radius 3 is 2.74 bits per heavy atom. The predicted octanol–water partition coefficient (Wildman–Crippen LogP) is 4.11. The van der Waals surface area contributed by atoms with Gasteiger partial charge in [-0.2, -0.15) is 0 Å². The monoisotopic (exact) mass is 360 g/mol. The lowest BCUT2D eigenvalue weighted by molar-refractivity contribution is 0.102. The van der Waals surface area contributed by atoms with E-state index in [0.717, 1.165) is 0 Å². The van der Waals surface area contributed by atoms with Crippen LogP contribution >= 0.6 is 39.1 Å². The summed E-state index contributed by atoms with van der Waals surface area (Å²) < 4.78 is 0.644. The maximum Gasteiger partial charge on any atom is 0.258 e. The van der Waals surface area contributed by atoms with Crippen molar-refractivity contribution in [3.8, 4) is 5.75 Å². The lowest BCUT2D eigenvalue weighted by Gasteiger charge is -2.07. The molecule has 1 aromatic carbocycles. The van der Waals surface area contributed by atoms with Gasteiger partial charge in [0, 0.05) is 16.4 Å². The van der Waals surface area contributed by atoms with Crippen molar-refractivity contribution in [1.82, 2.24) is 4.98 Å². The first kappa shape index (κ1) is 14.1. The summed E-state index contributed by atoms with van der Waals surface area (Å²) in [6.07, 6.45) is 1.50. The van der Waals surface area contributed by atoms with Crippen molar-refractivity contribution >= 4 is 50.7 Å². The van der Waals surface area contributed by atoms with Crippen LogP contribution in [0.4, 0.5) is 5.69 Å². The third-order valence-electron chi connectivity index (χ3n) is 2.26. The molecule has 1 amide bonds. The van der Waals surface area contributed by atoms with Gasteiger partial charge in [0.1, 0.15) is 10.9 Å². The van der Waals surface area contributed by atoms with Crippen LogP contribution in [0.15, 0.2) is 34.9 Å². The van der Waals surface area contributed by atoms with Crippen LogP contribution < -0.4 is 5.32 Å². The second-order valence-corrected chi connectivity index (χ2v) is 5.29. The summed E-state index contributed by atoms with van der Waals surface area (Å²) in [4.78, 5) is 15.9. The number of amides is 1. The lowest BCUT2D eigenvalue weighted by Crippen LogP contribution is -2.13. The van der Waals surface area contributed by atoms with Gasteiger partial charge in [0.15, 0.2) is 0 Å². The molecule has 1 heterocycles. The number of pyridine rings is 1. The third kappa shape index (κ3) is 3.37. The van der Waals surface area contributed by atoms with E-state index < -0.39 is 5.91 Å². The number of hydrogen-bond donors (Lipinski definition) is 2. The van der Waals surface area contributed by atoms with Crippen LogP contribution in [0.2, 0.25) is 10.2 Å². The van der Waals surface area contributed by atoms with E-state index in [1.165, 1.54) is 24.4 Å². The van der Waals surface area contributed by atoms with Crippen molar-refractivity contribution in [3.63, 3.8) is 0 Å². The number of rotatable bonds is 2. The zero-order valence-corrected chi connectivity index (χ0v) is 12.4. The molecule has 19 heavy (non-hydrogen) atoms. The Balaban J connectivity index is 2.25. The van der Waals surface area contributed by atoms with Crippen LogP contribution in [-0.2, 0) is 0 Å². The summed E-state index contributed by atoms with van der Waals surface area (Å²) in [6, 6.07) is 5.91. The Kier molecular flexibility index (Phi) is 4.29. The number of benzene rings is 1. The van der Waals surface area contributed by atoms with E-state index in [1.807, 2.05) is 0 Å². The van der Waals surface area contributed by atoms with Crippen molar-refractivity contribution in [1.29, 1.82) is 0 Å². The molecule has 0 unspecified atom stereocenters. The highest BCUT2D eigenvalue weighted by molar-refractivity contribution is 9.10. The van der Waals surface area contributed by atoms with Gasteiger partial charge in [-0.3, -0.25) is 4.79 Å². The van der Waals surface area contributed by atoms with Crippen LogP contribution in [0, 0.1) is 0 Å². The van der Waals surface area contributed by atoms with Gasteiger partial charge in [-0.25, -0.2) is 4.98 Å². The molecule has 0 radical (unpaired) electrons. The first-order chi connectivity index (χ1) is 8.97.